The maximum atomic E-state index is 13.1. The number of rotatable bonds is 5. The summed E-state index contributed by atoms with van der Waals surface area (Å²) in [5, 5.41) is 5.03. The second-order valence-electron chi connectivity index (χ2n) is 6.64. The zero-order valence-corrected chi connectivity index (χ0v) is 16.4. The minimum Gasteiger partial charge on any atom is -0.497 e. The molecular formula is C21H18FN3O3S. The molecule has 1 N–H and O–H groups in total. The maximum Gasteiger partial charge on any atom is 0.231 e. The van der Waals surface area contributed by atoms with Gasteiger partial charge in [0.25, 0.3) is 0 Å². The highest BCUT2D eigenvalue weighted by Gasteiger charge is 2.35. The summed E-state index contributed by atoms with van der Waals surface area (Å²) in [7, 11) is 1.56. The number of methoxy groups -OCH3 is 1. The number of carbonyl (C=O) groups excluding carboxylic acids is 2. The largest absolute Gasteiger partial charge is 0.497 e. The molecule has 29 heavy (non-hydrogen) atoms. The number of benzene rings is 2. The zero-order valence-electron chi connectivity index (χ0n) is 15.6. The van der Waals surface area contributed by atoms with Crippen LogP contribution >= 0.6 is 11.3 Å². The Labute approximate surface area is 171 Å². The van der Waals surface area contributed by atoms with Gasteiger partial charge in [-0.25, -0.2) is 9.37 Å². The minimum atomic E-state index is -0.466. The van der Waals surface area contributed by atoms with Crippen molar-refractivity contribution in [3.8, 4) is 17.0 Å². The van der Waals surface area contributed by atoms with Gasteiger partial charge < -0.3 is 15.0 Å². The average molecular weight is 411 g/mol. The number of ether oxygens (including phenoxy) is 1. The Kier molecular flexibility index (Phi) is 5.26. The Bertz CT molecular complexity index is 1050. The normalized spacial score (nSPS) is 16.1. The van der Waals surface area contributed by atoms with E-state index in [4.69, 9.17) is 4.74 Å². The van der Waals surface area contributed by atoms with Crippen LogP contribution in [0, 0.1) is 11.7 Å². The number of carbonyl (C=O) groups is 2. The summed E-state index contributed by atoms with van der Waals surface area (Å²) in [4.78, 5) is 31.1. The van der Waals surface area contributed by atoms with Crippen molar-refractivity contribution in [1.29, 1.82) is 0 Å². The molecule has 0 saturated carbocycles. The number of amides is 2. The van der Waals surface area contributed by atoms with Gasteiger partial charge in [0.2, 0.25) is 11.8 Å². The van der Waals surface area contributed by atoms with Crippen LogP contribution in [0.3, 0.4) is 0 Å². The molecule has 1 fully saturated rings. The molecule has 1 atom stereocenters. The van der Waals surface area contributed by atoms with Gasteiger partial charge >= 0.3 is 0 Å². The van der Waals surface area contributed by atoms with Gasteiger partial charge in [0, 0.05) is 35.7 Å². The van der Waals surface area contributed by atoms with Crippen molar-refractivity contribution in [1.82, 2.24) is 4.98 Å². The number of halogens is 1. The Morgan fingerprint density at radius 1 is 1.28 bits per heavy atom. The Morgan fingerprint density at radius 3 is 2.83 bits per heavy atom. The van der Waals surface area contributed by atoms with Crippen molar-refractivity contribution in [2.24, 2.45) is 5.92 Å². The molecule has 148 valence electrons. The van der Waals surface area contributed by atoms with E-state index < -0.39 is 5.92 Å². The molecule has 1 unspecified atom stereocenters. The first-order valence-corrected chi connectivity index (χ1v) is 9.88. The van der Waals surface area contributed by atoms with E-state index in [-0.39, 0.29) is 24.1 Å². The summed E-state index contributed by atoms with van der Waals surface area (Å²) in [5.41, 5.74) is 2.13. The lowest BCUT2D eigenvalue weighted by molar-refractivity contribution is -0.122. The molecule has 6 nitrogen and oxygen atoms in total. The highest BCUT2D eigenvalue weighted by Crippen LogP contribution is 2.30. The van der Waals surface area contributed by atoms with E-state index in [1.54, 1.807) is 47.7 Å². The molecule has 2 amide bonds. The molecule has 4 rings (SSSR count). The van der Waals surface area contributed by atoms with Gasteiger partial charge in [-0.2, -0.15) is 0 Å². The van der Waals surface area contributed by atoms with Crippen LogP contribution < -0.4 is 15.0 Å². The molecule has 2 heterocycles. The van der Waals surface area contributed by atoms with Crippen LogP contribution in [0.1, 0.15) is 6.42 Å². The van der Waals surface area contributed by atoms with Crippen molar-refractivity contribution >= 4 is 34.0 Å². The van der Waals surface area contributed by atoms with Gasteiger partial charge in [-0.05, 0) is 36.4 Å². The van der Waals surface area contributed by atoms with E-state index in [1.165, 1.54) is 23.5 Å². The van der Waals surface area contributed by atoms with Gasteiger partial charge in [0.05, 0.1) is 18.7 Å². The summed E-state index contributed by atoms with van der Waals surface area (Å²) < 4.78 is 18.3. The van der Waals surface area contributed by atoms with Crippen LogP contribution in [-0.4, -0.2) is 30.5 Å². The fourth-order valence-corrected chi connectivity index (χ4v) is 3.93. The first-order chi connectivity index (χ1) is 14.0. The van der Waals surface area contributed by atoms with E-state index in [2.05, 4.69) is 10.3 Å². The summed E-state index contributed by atoms with van der Waals surface area (Å²) in [6, 6.07) is 13.2. The van der Waals surface area contributed by atoms with Crippen LogP contribution in [0.15, 0.2) is 53.9 Å². The molecule has 0 spiro atoms. The predicted octanol–water partition coefficient (Wildman–Crippen LogP) is 3.95. The van der Waals surface area contributed by atoms with Gasteiger partial charge in [-0.1, -0.05) is 6.07 Å². The third kappa shape index (κ3) is 4.12. The lowest BCUT2D eigenvalue weighted by atomic mass is 10.1. The van der Waals surface area contributed by atoms with Crippen molar-refractivity contribution < 1.29 is 18.7 Å². The fraction of sp³-hybridized carbons (Fsp3) is 0.190. The van der Waals surface area contributed by atoms with Crippen LogP contribution in [-0.2, 0) is 9.59 Å². The molecule has 0 radical (unpaired) electrons. The summed E-state index contributed by atoms with van der Waals surface area (Å²) in [6.45, 7) is 0.300. The predicted molar refractivity (Wildman–Crippen MR) is 110 cm³/mol. The second kappa shape index (κ2) is 8.00. The van der Waals surface area contributed by atoms with E-state index in [0.717, 1.165) is 5.56 Å². The van der Waals surface area contributed by atoms with E-state index in [0.29, 0.717) is 28.8 Å². The number of nitrogens with zero attached hydrogens (tertiary/aromatic N) is 2. The molecule has 2 aromatic carbocycles. The molecule has 1 aromatic heterocycles. The number of hydrogen-bond acceptors (Lipinski definition) is 5. The third-order valence-electron chi connectivity index (χ3n) is 4.74. The highest BCUT2D eigenvalue weighted by molar-refractivity contribution is 7.14. The van der Waals surface area contributed by atoms with Crippen molar-refractivity contribution in [3.05, 3.63) is 59.7 Å². The van der Waals surface area contributed by atoms with Gasteiger partial charge in [-0.15, -0.1) is 11.3 Å². The standard InChI is InChI=1S/C21H18FN3O3S/c1-28-17-4-2-3-16(10-17)25-11-14(9-19(25)26)20(27)24-21-23-18(12-29-21)13-5-7-15(22)8-6-13/h2-8,10,12,14H,9,11H2,1H3,(H,23,24,27). The second-order valence-corrected chi connectivity index (χ2v) is 7.50. The first kappa shape index (κ1) is 19.1. The minimum absolute atomic E-state index is 0.107. The van der Waals surface area contributed by atoms with Gasteiger partial charge in [-0.3, -0.25) is 9.59 Å². The highest BCUT2D eigenvalue weighted by atomic mass is 32.1. The van der Waals surface area contributed by atoms with Crippen LogP contribution in [0.4, 0.5) is 15.2 Å². The quantitative estimate of drug-likeness (QED) is 0.690. The Balaban J connectivity index is 1.43. The molecule has 8 heteroatoms. The lowest BCUT2D eigenvalue weighted by Gasteiger charge is -2.17. The summed E-state index contributed by atoms with van der Waals surface area (Å²) >= 11 is 1.29. The molecule has 0 aliphatic carbocycles. The topological polar surface area (TPSA) is 71.5 Å². The van der Waals surface area contributed by atoms with Crippen LogP contribution in [0.2, 0.25) is 0 Å². The Hall–Kier alpha value is -3.26. The number of thiazole rings is 1. The van der Waals surface area contributed by atoms with Crippen molar-refractivity contribution in [2.45, 2.75) is 6.42 Å². The van der Waals surface area contributed by atoms with Crippen molar-refractivity contribution in [2.75, 3.05) is 23.9 Å². The molecule has 3 aromatic rings. The maximum absolute atomic E-state index is 13.1. The summed E-state index contributed by atoms with van der Waals surface area (Å²) in [6.07, 6.45) is 0.138. The molecule has 1 aliphatic heterocycles. The molecular weight excluding hydrogens is 393 g/mol. The van der Waals surface area contributed by atoms with E-state index in [9.17, 15) is 14.0 Å². The Morgan fingerprint density at radius 2 is 2.07 bits per heavy atom. The molecule has 1 saturated heterocycles. The van der Waals surface area contributed by atoms with Crippen molar-refractivity contribution in [3.63, 3.8) is 0 Å². The monoisotopic (exact) mass is 411 g/mol. The number of nitrogens with one attached hydrogen (secondary N) is 1. The van der Waals surface area contributed by atoms with E-state index in [1.807, 2.05) is 6.07 Å². The number of aromatic nitrogens is 1. The average Bonchev–Trinajstić information content (AvgIpc) is 3.35. The van der Waals surface area contributed by atoms with Crippen LogP contribution in [0.25, 0.3) is 11.3 Å². The van der Waals surface area contributed by atoms with Crippen LogP contribution in [0.5, 0.6) is 5.75 Å². The first-order valence-electron chi connectivity index (χ1n) is 9.00. The smallest absolute Gasteiger partial charge is 0.231 e. The summed E-state index contributed by atoms with van der Waals surface area (Å²) in [5.74, 6) is -0.483. The third-order valence-corrected chi connectivity index (χ3v) is 5.49. The van der Waals surface area contributed by atoms with E-state index >= 15 is 0 Å². The lowest BCUT2D eigenvalue weighted by Crippen LogP contribution is -2.28. The molecule has 0 bridgehead atoms. The fourth-order valence-electron chi connectivity index (χ4n) is 3.20. The SMILES string of the molecule is COc1cccc(N2CC(C(=O)Nc3nc(-c4ccc(F)cc4)cs3)CC2=O)c1. The zero-order chi connectivity index (χ0) is 20.4. The molecule has 1 aliphatic rings. The number of anilines is 2. The van der Waals surface area contributed by atoms with Gasteiger partial charge in [0.1, 0.15) is 11.6 Å². The number of hydrogen-bond donors (Lipinski definition) is 1. The van der Waals surface area contributed by atoms with Gasteiger partial charge in [0.15, 0.2) is 5.13 Å².